The standard InChI is InChI=1S/C16H15ClF5NO3/c1-6(17)25-16(24)14-7-2-3-23(14)5-8(4-7)26-15-12(21)10(19)9(18)11(20)13(15)22/h6-8,14H,2-5H2,1H3. The van der Waals surface area contributed by atoms with Crippen molar-refractivity contribution in [3.63, 3.8) is 0 Å². The lowest BCUT2D eigenvalue weighted by Crippen LogP contribution is -2.51. The third-order valence-electron chi connectivity index (χ3n) is 4.60. The quantitative estimate of drug-likeness (QED) is 0.256. The van der Waals surface area contributed by atoms with Crippen molar-refractivity contribution in [1.29, 1.82) is 0 Å². The Morgan fingerprint density at radius 1 is 1.12 bits per heavy atom. The van der Waals surface area contributed by atoms with Crippen LogP contribution in [0.2, 0.25) is 0 Å². The molecule has 2 saturated heterocycles. The maximum Gasteiger partial charge on any atom is 0.325 e. The summed E-state index contributed by atoms with van der Waals surface area (Å²) in [5.74, 6) is -12.4. The van der Waals surface area contributed by atoms with Gasteiger partial charge in [0.25, 0.3) is 0 Å². The molecule has 2 heterocycles. The van der Waals surface area contributed by atoms with Gasteiger partial charge < -0.3 is 9.47 Å². The molecule has 4 nitrogen and oxygen atoms in total. The predicted octanol–water partition coefficient (Wildman–Crippen LogP) is 3.35. The van der Waals surface area contributed by atoms with Crippen LogP contribution in [0, 0.1) is 35.0 Å². The van der Waals surface area contributed by atoms with Gasteiger partial charge in [-0.25, -0.2) is 13.2 Å². The van der Waals surface area contributed by atoms with Gasteiger partial charge in [0.15, 0.2) is 11.3 Å². The second-order valence-corrected chi connectivity index (χ2v) is 6.96. The SMILES string of the molecule is CC(Cl)OC(=O)C1C2CC[N@@]1CC(Oc1c(F)c(F)c(F)c(F)c1F)C2. The average Bonchev–Trinajstić information content (AvgIpc) is 2.86. The number of ether oxygens (including phenoxy) is 2. The van der Waals surface area contributed by atoms with Crippen LogP contribution >= 0.6 is 11.6 Å². The molecular formula is C16H15ClF5NO3. The van der Waals surface area contributed by atoms with Gasteiger partial charge in [-0.3, -0.25) is 9.69 Å². The first-order valence-corrected chi connectivity index (χ1v) is 8.41. The van der Waals surface area contributed by atoms with Gasteiger partial charge in [-0.05, 0) is 32.2 Å². The highest BCUT2D eigenvalue weighted by molar-refractivity contribution is 6.20. The maximum absolute atomic E-state index is 13.8. The van der Waals surface area contributed by atoms with E-state index in [0.717, 1.165) is 0 Å². The Bertz CT molecular complexity index is 689. The number of esters is 1. The lowest BCUT2D eigenvalue weighted by atomic mass is 9.90. The van der Waals surface area contributed by atoms with Crippen LogP contribution < -0.4 is 4.74 Å². The normalized spacial score (nSPS) is 28.7. The van der Waals surface area contributed by atoms with Crippen LogP contribution in [0.25, 0.3) is 0 Å². The Hall–Kier alpha value is -1.61. The predicted molar refractivity (Wildman–Crippen MR) is 80.1 cm³/mol. The zero-order valence-electron chi connectivity index (χ0n) is 13.6. The lowest BCUT2D eigenvalue weighted by Gasteiger charge is -2.36. The second-order valence-electron chi connectivity index (χ2n) is 6.34. The molecule has 0 amide bonds. The molecule has 1 aromatic carbocycles. The van der Waals surface area contributed by atoms with E-state index in [9.17, 15) is 26.7 Å². The molecule has 0 aliphatic carbocycles. The fourth-order valence-corrected chi connectivity index (χ4v) is 3.65. The highest BCUT2D eigenvalue weighted by Gasteiger charge is 2.47. The zero-order valence-corrected chi connectivity index (χ0v) is 14.3. The van der Waals surface area contributed by atoms with Crippen molar-refractivity contribution < 1.29 is 36.2 Å². The molecule has 26 heavy (non-hydrogen) atoms. The first-order valence-electron chi connectivity index (χ1n) is 7.97. The van der Waals surface area contributed by atoms with Gasteiger partial charge in [0.2, 0.25) is 29.1 Å². The van der Waals surface area contributed by atoms with Gasteiger partial charge in [-0.1, -0.05) is 11.6 Å². The van der Waals surface area contributed by atoms with E-state index >= 15 is 0 Å². The van der Waals surface area contributed by atoms with Crippen LogP contribution in [0.3, 0.4) is 0 Å². The highest BCUT2D eigenvalue weighted by atomic mass is 35.5. The van der Waals surface area contributed by atoms with Gasteiger partial charge in [0, 0.05) is 6.54 Å². The number of fused-ring (bicyclic) bond motifs is 2. The third kappa shape index (κ3) is 3.34. The average molecular weight is 400 g/mol. The van der Waals surface area contributed by atoms with Crippen LogP contribution in [-0.4, -0.2) is 41.7 Å². The van der Waals surface area contributed by atoms with E-state index < -0.39 is 58.5 Å². The molecule has 144 valence electrons. The Morgan fingerprint density at radius 3 is 2.23 bits per heavy atom. The van der Waals surface area contributed by atoms with Crippen LogP contribution in [0.1, 0.15) is 19.8 Å². The monoisotopic (exact) mass is 399 g/mol. The molecule has 1 aromatic rings. The first-order chi connectivity index (χ1) is 12.2. The summed E-state index contributed by atoms with van der Waals surface area (Å²) in [5, 5.41) is 0. The van der Waals surface area contributed by atoms with Crippen LogP contribution in [-0.2, 0) is 9.53 Å². The molecule has 0 aromatic heterocycles. The number of rotatable bonds is 4. The molecule has 2 fully saturated rings. The molecule has 0 N–H and O–H groups in total. The van der Waals surface area contributed by atoms with Crippen molar-refractivity contribution in [2.45, 2.75) is 37.5 Å². The number of hydrogen-bond donors (Lipinski definition) is 0. The van der Waals surface area contributed by atoms with Gasteiger partial charge in [-0.15, -0.1) is 0 Å². The van der Waals surface area contributed by atoms with E-state index in [-0.39, 0.29) is 18.9 Å². The van der Waals surface area contributed by atoms with Crippen molar-refractivity contribution in [1.82, 2.24) is 4.90 Å². The fraction of sp³-hybridized carbons (Fsp3) is 0.562. The fourth-order valence-electron chi connectivity index (χ4n) is 3.56. The van der Waals surface area contributed by atoms with Gasteiger partial charge >= 0.3 is 5.97 Å². The summed E-state index contributed by atoms with van der Waals surface area (Å²) in [6, 6.07) is -0.563. The Balaban J connectivity index is 1.76. The largest absolute Gasteiger partial charge is 0.483 e. The van der Waals surface area contributed by atoms with Crippen molar-refractivity contribution in [2.75, 3.05) is 13.1 Å². The lowest BCUT2D eigenvalue weighted by molar-refractivity contribution is -0.153. The van der Waals surface area contributed by atoms with E-state index in [0.29, 0.717) is 13.0 Å². The molecule has 3 rings (SSSR count). The Labute approximate surface area is 150 Å². The van der Waals surface area contributed by atoms with E-state index in [2.05, 4.69) is 0 Å². The van der Waals surface area contributed by atoms with Crippen LogP contribution in [0.15, 0.2) is 0 Å². The molecular weight excluding hydrogens is 385 g/mol. The van der Waals surface area contributed by atoms with E-state index in [4.69, 9.17) is 21.1 Å². The summed E-state index contributed by atoms with van der Waals surface area (Å²) in [6.07, 6.45) is 0.00745. The zero-order chi connectivity index (χ0) is 19.2. The summed E-state index contributed by atoms with van der Waals surface area (Å²) in [4.78, 5) is 13.8. The number of hydrogen-bond acceptors (Lipinski definition) is 4. The molecule has 2 bridgehead atoms. The summed E-state index contributed by atoms with van der Waals surface area (Å²) >= 11 is 5.65. The number of nitrogens with zero attached hydrogens (tertiary/aromatic N) is 1. The summed E-state index contributed by atoms with van der Waals surface area (Å²) in [5.41, 5.74) is -0.801. The van der Waals surface area contributed by atoms with Gasteiger partial charge in [-0.2, -0.15) is 8.78 Å². The number of carbonyl (C=O) groups is 1. The summed E-state index contributed by atoms with van der Waals surface area (Å²) in [6.45, 7) is 2.11. The molecule has 0 saturated carbocycles. The number of piperidine rings is 1. The molecule has 2 aliphatic rings. The topological polar surface area (TPSA) is 38.8 Å². The van der Waals surface area contributed by atoms with Crippen molar-refractivity contribution in [3.05, 3.63) is 29.1 Å². The Morgan fingerprint density at radius 2 is 1.69 bits per heavy atom. The van der Waals surface area contributed by atoms with Crippen LogP contribution in [0.4, 0.5) is 22.0 Å². The molecule has 10 heteroatoms. The van der Waals surface area contributed by atoms with E-state index in [1.54, 1.807) is 4.90 Å². The van der Waals surface area contributed by atoms with Gasteiger partial charge in [0.1, 0.15) is 12.1 Å². The number of alkyl halides is 1. The summed E-state index contributed by atoms with van der Waals surface area (Å²) in [7, 11) is 0. The van der Waals surface area contributed by atoms with Crippen molar-refractivity contribution in [2.24, 2.45) is 5.92 Å². The molecule has 4 unspecified atom stereocenters. The second kappa shape index (κ2) is 7.19. The minimum Gasteiger partial charge on any atom is -0.483 e. The minimum atomic E-state index is -2.24. The smallest absolute Gasteiger partial charge is 0.325 e. The molecule has 0 radical (unpaired) electrons. The number of halogens is 6. The Kier molecular flexibility index (Phi) is 5.30. The maximum atomic E-state index is 13.8. The van der Waals surface area contributed by atoms with E-state index in [1.807, 2.05) is 0 Å². The highest BCUT2D eigenvalue weighted by Crippen LogP contribution is 2.37. The van der Waals surface area contributed by atoms with E-state index in [1.165, 1.54) is 6.92 Å². The van der Waals surface area contributed by atoms with Crippen molar-refractivity contribution in [3.8, 4) is 5.75 Å². The van der Waals surface area contributed by atoms with Gasteiger partial charge in [0.05, 0.1) is 0 Å². The summed E-state index contributed by atoms with van der Waals surface area (Å²) < 4.78 is 77.3. The minimum absolute atomic E-state index is 0.0897. The molecule has 2 aliphatic heterocycles. The molecule has 5 atom stereocenters. The number of carbonyl (C=O) groups excluding carboxylic acids is 1. The first kappa shape index (κ1) is 19.2. The molecule has 0 spiro atoms. The number of benzene rings is 1. The van der Waals surface area contributed by atoms with Crippen LogP contribution in [0.5, 0.6) is 5.75 Å². The van der Waals surface area contributed by atoms with Crippen molar-refractivity contribution >= 4 is 17.6 Å². The third-order valence-corrected chi connectivity index (χ3v) is 4.69.